The summed E-state index contributed by atoms with van der Waals surface area (Å²) < 4.78 is 9.32. The number of nitrogens with zero attached hydrogens (tertiary/aromatic N) is 12. The number of hydrogen-bond acceptors (Lipinski definition) is 8. The van der Waals surface area contributed by atoms with Crippen LogP contribution in [-0.4, -0.2) is 58.1 Å². The third kappa shape index (κ3) is 11.5. The summed E-state index contributed by atoms with van der Waals surface area (Å²) in [6, 6.07) is 127. The van der Waals surface area contributed by atoms with Crippen molar-refractivity contribution in [2.45, 2.75) is 0 Å². The predicted molar refractivity (Wildman–Crippen MR) is 456 cm³/mol. The molecular weight excluding hydrogens is 1370 g/mol. The van der Waals surface area contributed by atoms with Crippen LogP contribution in [0.25, 0.3) is 201 Å². The van der Waals surface area contributed by atoms with E-state index in [0.29, 0.717) is 17.5 Å². The van der Waals surface area contributed by atoms with Crippen molar-refractivity contribution >= 4 is 87.5 Å². The molecule has 0 N–H and O–H groups in total. The minimum atomic E-state index is 0.627. The predicted octanol–water partition coefficient (Wildman–Crippen LogP) is 24.3. The van der Waals surface area contributed by atoms with Crippen LogP contribution >= 0.6 is 0 Å². The first-order valence-electron chi connectivity index (χ1n) is 37.4. The highest BCUT2D eigenvalue weighted by atomic mass is 15.0. The molecule has 10 heterocycles. The van der Waals surface area contributed by atoms with E-state index in [1.54, 1.807) is 12.4 Å². The highest BCUT2D eigenvalue weighted by molar-refractivity contribution is 6.14. The fourth-order valence-corrected chi connectivity index (χ4v) is 16.1. The Labute approximate surface area is 643 Å². The third-order valence-corrected chi connectivity index (χ3v) is 21.3. The van der Waals surface area contributed by atoms with Gasteiger partial charge < -0.3 is 18.3 Å². The molecule has 22 aromatic rings. The number of aromatic nitrogens is 12. The van der Waals surface area contributed by atoms with Gasteiger partial charge in [0.1, 0.15) is 0 Å². The van der Waals surface area contributed by atoms with Crippen molar-refractivity contribution in [3.05, 3.63) is 389 Å². The van der Waals surface area contributed by atoms with Gasteiger partial charge in [-0.05, 0) is 215 Å². The van der Waals surface area contributed by atoms with E-state index in [-0.39, 0.29) is 0 Å². The molecule has 112 heavy (non-hydrogen) atoms. The lowest BCUT2D eigenvalue weighted by atomic mass is 10.0. The second-order valence-corrected chi connectivity index (χ2v) is 27.9. The van der Waals surface area contributed by atoms with E-state index in [4.69, 9.17) is 29.9 Å². The lowest BCUT2D eigenvalue weighted by molar-refractivity contribution is 1.07. The first-order valence-corrected chi connectivity index (χ1v) is 37.4. The van der Waals surface area contributed by atoms with E-state index in [9.17, 15) is 0 Å². The molecule has 0 aliphatic rings. The summed E-state index contributed by atoms with van der Waals surface area (Å²) in [5.41, 5.74) is 28.1. The molecule has 0 atom stereocenters. The Morgan fingerprint density at radius 3 is 0.938 bits per heavy atom. The molecule has 0 fully saturated rings. The van der Waals surface area contributed by atoms with E-state index in [2.05, 4.69) is 283 Å². The lowest BCUT2D eigenvalue weighted by Gasteiger charge is -2.12. The maximum absolute atomic E-state index is 4.99. The molecule has 0 aliphatic heterocycles. The van der Waals surface area contributed by atoms with E-state index in [0.717, 1.165) is 128 Å². The third-order valence-electron chi connectivity index (χ3n) is 21.3. The molecule has 10 aromatic heterocycles. The van der Waals surface area contributed by atoms with Gasteiger partial charge in [-0.3, -0.25) is 19.9 Å². The van der Waals surface area contributed by atoms with Crippen molar-refractivity contribution in [1.82, 2.24) is 58.1 Å². The Hall–Kier alpha value is -15.4. The van der Waals surface area contributed by atoms with Crippen LogP contribution in [0.2, 0.25) is 0 Å². The number of fused-ring (bicyclic) bond motifs is 12. The zero-order chi connectivity index (χ0) is 74.0. The monoisotopic (exact) mass is 1430 g/mol. The van der Waals surface area contributed by atoms with Crippen LogP contribution in [0.1, 0.15) is 0 Å². The van der Waals surface area contributed by atoms with Crippen molar-refractivity contribution < 1.29 is 0 Å². The van der Waals surface area contributed by atoms with E-state index >= 15 is 0 Å². The number of benzene rings is 12. The summed E-state index contributed by atoms with van der Waals surface area (Å²) in [4.78, 5) is 38.8. The fourth-order valence-electron chi connectivity index (χ4n) is 16.1. The van der Waals surface area contributed by atoms with Crippen LogP contribution in [0.15, 0.2) is 389 Å². The average Bonchev–Trinajstić information content (AvgIpc) is 1.62. The van der Waals surface area contributed by atoms with Gasteiger partial charge >= 0.3 is 0 Å². The van der Waals surface area contributed by atoms with Gasteiger partial charge in [0.2, 0.25) is 0 Å². The molecular formula is C100H64N12. The summed E-state index contributed by atoms with van der Waals surface area (Å²) in [7, 11) is 0. The van der Waals surface area contributed by atoms with Crippen LogP contribution in [0.3, 0.4) is 0 Å². The molecule has 0 bridgehead atoms. The normalized spacial score (nSPS) is 11.6. The fraction of sp³-hybridized carbons (Fsp3) is 0. The molecule has 12 heteroatoms. The Morgan fingerprint density at radius 1 is 0.161 bits per heavy atom. The lowest BCUT2D eigenvalue weighted by Crippen LogP contribution is -2.00. The number of pyridine rings is 5. The standard InChI is InChI=1S/2C50H32N6/c1-4-13-33(14-5-1)48-52-49(34-15-6-2-7-16-34)54-50(53-48)35-22-26-39(27-23-35)56-45-29-25-37(32-42(45)47-46(56)21-12-30-51-47)36-24-28-44-41(31-36)40-19-10-11-20-43(40)55(44)38-17-8-3-9-18-38;1-2-13-37(14-3-1)55-46-19-5-4-16-39(46)40-29-34(21-23-47(40)55)35-22-24-48-41(30-35)50-49(20-11-27-53-50)56(48)38-15-10-12-33(28-38)36-31-44(42-17-6-8-25-51-42)54-45(32-36)43-18-7-9-26-52-43/h2*1-32H. The van der Waals surface area contributed by atoms with Gasteiger partial charge in [0, 0.05) is 96.5 Å². The number of rotatable bonds is 12. The highest BCUT2D eigenvalue weighted by Gasteiger charge is 2.22. The van der Waals surface area contributed by atoms with Gasteiger partial charge in [0.25, 0.3) is 0 Å². The van der Waals surface area contributed by atoms with E-state index in [1.807, 2.05) is 122 Å². The van der Waals surface area contributed by atoms with Crippen molar-refractivity contribution in [2.24, 2.45) is 0 Å². The highest BCUT2D eigenvalue weighted by Crippen LogP contribution is 2.42. The maximum Gasteiger partial charge on any atom is 0.164 e. The van der Waals surface area contributed by atoms with Crippen LogP contribution in [0, 0.1) is 0 Å². The zero-order valence-corrected chi connectivity index (χ0v) is 60.3. The van der Waals surface area contributed by atoms with E-state index < -0.39 is 0 Å². The molecule has 0 radical (unpaired) electrons. The largest absolute Gasteiger partial charge is 0.309 e. The first kappa shape index (κ1) is 64.9. The van der Waals surface area contributed by atoms with Gasteiger partial charge in [-0.1, -0.05) is 182 Å². The van der Waals surface area contributed by atoms with Gasteiger partial charge in [-0.2, -0.15) is 0 Å². The molecule has 0 saturated carbocycles. The average molecular weight is 1430 g/mol. The van der Waals surface area contributed by atoms with Crippen molar-refractivity contribution in [2.75, 3.05) is 0 Å². The summed E-state index contributed by atoms with van der Waals surface area (Å²) in [5, 5.41) is 7.14. The van der Waals surface area contributed by atoms with Crippen LogP contribution in [-0.2, 0) is 0 Å². The van der Waals surface area contributed by atoms with Crippen molar-refractivity contribution in [1.29, 1.82) is 0 Å². The molecule has 0 unspecified atom stereocenters. The summed E-state index contributed by atoms with van der Waals surface area (Å²) in [6.07, 6.45) is 7.36. The summed E-state index contributed by atoms with van der Waals surface area (Å²) >= 11 is 0. The van der Waals surface area contributed by atoms with Crippen molar-refractivity contribution in [3.8, 4) is 113 Å². The smallest absolute Gasteiger partial charge is 0.164 e. The van der Waals surface area contributed by atoms with Gasteiger partial charge in [0.05, 0.1) is 77.9 Å². The number of para-hydroxylation sites is 4. The van der Waals surface area contributed by atoms with Gasteiger partial charge in [-0.15, -0.1) is 0 Å². The van der Waals surface area contributed by atoms with Crippen LogP contribution in [0.5, 0.6) is 0 Å². The Kier molecular flexibility index (Phi) is 15.9. The zero-order valence-electron chi connectivity index (χ0n) is 60.3. The topological polar surface area (TPSA) is 123 Å². The molecule has 12 nitrogen and oxygen atoms in total. The molecule has 0 saturated heterocycles. The Morgan fingerprint density at radius 2 is 0.482 bits per heavy atom. The van der Waals surface area contributed by atoms with Crippen molar-refractivity contribution in [3.63, 3.8) is 0 Å². The van der Waals surface area contributed by atoms with Crippen LogP contribution < -0.4 is 0 Å². The van der Waals surface area contributed by atoms with Gasteiger partial charge in [-0.25, -0.2) is 19.9 Å². The first-order chi connectivity index (χ1) is 55.5. The molecule has 0 aliphatic carbocycles. The quantitative estimate of drug-likeness (QED) is 0.119. The maximum atomic E-state index is 4.99. The summed E-state index contributed by atoms with van der Waals surface area (Å²) in [5.74, 6) is 1.91. The van der Waals surface area contributed by atoms with Gasteiger partial charge in [0.15, 0.2) is 17.5 Å². The second-order valence-electron chi connectivity index (χ2n) is 27.9. The SMILES string of the molecule is c1ccc(-c2nc(-c3ccccc3)nc(-c3ccc(-n4c5ccc(-c6ccc7c(c6)c6ccccc6n7-c6ccccc6)cc5c5ncccc54)cc3)n2)cc1.c1ccc(-n2c3ccccc3c3cc(-c4ccc5c(c4)c4ncccc4n5-c4cccc(-c5cc(-c6ccccn6)nc(-c6ccccn6)c5)c4)ccc32)cc1. The molecule has 22 rings (SSSR count). The number of hydrogen-bond donors (Lipinski definition) is 0. The molecule has 12 aromatic carbocycles. The Bertz CT molecular complexity index is 7230. The molecule has 0 spiro atoms. The second kappa shape index (κ2) is 27.4. The van der Waals surface area contributed by atoms with Crippen LogP contribution in [0.4, 0.5) is 0 Å². The van der Waals surface area contributed by atoms with E-state index in [1.165, 1.54) is 54.7 Å². The molecule has 0 amide bonds. The Balaban J connectivity index is 0.000000141. The minimum absolute atomic E-state index is 0.627. The minimum Gasteiger partial charge on any atom is -0.309 e. The summed E-state index contributed by atoms with van der Waals surface area (Å²) in [6.45, 7) is 0. The molecule has 524 valence electrons.